The van der Waals surface area contributed by atoms with Crippen molar-refractivity contribution >= 4 is 17.4 Å². The minimum atomic E-state index is 0.401. The molecule has 1 aliphatic rings. The quantitative estimate of drug-likeness (QED) is 0.784. The van der Waals surface area contributed by atoms with Crippen LogP contribution < -0.4 is 5.32 Å². The fourth-order valence-electron chi connectivity index (χ4n) is 2.34. The molecule has 0 aliphatic carbocycles. The lowest BCUT2D eigenvalue weighted by Gasteiger charge is -2.26. The molecule has 0 atom stereocenters. The predicted molar refractivity (Wildman–Crippen MR) is 81.2 cm³/mol. The Morgan fingerprint density at radius 1 is 1.30 bits per heavy atom. The van der Waals surface area contributed by atoms with Gasteiger partial charge >= 0.3 is 0 Å². The first-order valence-corrected chi connectivity index (χ1v) is 7.73. The molecule has 6 heteroatoms. The van der Waals surface area contributed by atoms with Crippen LogP contribution in [0.1, 0.15) is 32.0 Å². The summed E-state index contributed by atoms with van der Waals surface area (Å²) in [4.78, 5) is 11.0. The van der Waals surface area contributed by atoms with Crippen LogP contribution in [0.5, 0.6) is 0 Å². The maximum absolute atomic E-state index is 6.00. The molecule has 2 heterocycles. The standard InChI is InChI=1S/C14H23ClN4O/c1-2-20-11-14-17-12(15)10-13(18-14)16-6-9-19-7-4-3-5-8-19/h10H,2-9,11H2,1H3,(H,16,17,18). The average molecular weight is 299 g/mol. The number of nitrogens with zero attached hydrogens (tertiary/aromatic N) is 3. The van der Waals surface area contributed by atoms with E-state index in [1.165, 1.54) is 32.4 Å². The average Bonchev–Trinajstić information content (AvgIpc) is 2.46. The first kappa shape index (κ1) is 15.5. The zero-order valence-electron chi connectivity index (χ0n) is 12.1. The van der Waals surface area contributed by atoms with Crippen LogP contribution in [0.4, 0.5) is 5.82 Å². The van der Waals surface area contributed by atoms with Gasteiger partial charge in [0.1, 0.15) is 17.6 Å². The molecule has 1 aromatic heterocycles. The van der Waals surface area contributed by atoms with Crippen LogP contribution in [-0.4, -0.2) is 47.7 Å². The van der Waals surface area contributed by atoms with Crippen LogP contribution in [0.15, 0.2) is 6.07 Å². The SMILES string of the molecule is CCOCc1nc(Cl)cc(NCCN2CCCCC2)n1. The number of piperidine rings is 1. The Morgan fingerprint density at radius 2 is 2.10 bits per heavy atom. The Hall–Kier alpha value is -0.910. The van der Waals surface area contributed by atoms with Crippen molar-refractivity contribution < 1.29 is 4.74 Å². The number of anilines is 1. The van der Waals surface area contributed by atoms with Crippen molar-refractivity contribution in [1.82, 2.24) is 14.9 Å². The molecule has 0 saturated carbocycles. The van der Waals surface area contributed by atoms with E-state index < -0.39 is 0 Å². The van der Waals surface area contributed by atoms with E-state index in [4.69, 9.17) is 16.3 Å². The molecule has 0 amide bonds. The highest BCUT2D eigenvalue weighted by molar-refractivity contribution is 6.29. The highest BCUT2D eigenvalue weighted by atomic mass is 35.5. The Morgan fingerprint density at radius 3 is 2.85 bits per heavy atom. The number of aromatic nitrogens is 2. The summed E-state index contributed by atoms with van der Waals surface area (Å²) in [5, 5.41) is 3.77. The van der Waals surface area contributed by atoms with Crippen LogP contribution in [-0.2, 0) is 11.3 Å². The summed E-state index contributed by atoms with van der Waals surface area (Å²) in [5.74, 6) is 1.40. The highest BCUT2D eigenvalue weighted by Crippen LogP contribution is 2.12. The summed E-state index contributed by atoms with van der Waals surface area (Å²) in [6, 6.07) is 1.76. The van der Waals surface area contributed by atoms with Gasteiger partial charge in [0.15, 0.2) is 5.82 Å². The summed E-state index contributed by atoms with van der Waals surface area (Å²) in [7, 11) is 0. The van der Waals surface area contributed by atoms with Crippen molar-refractivity contribution in [2.75, 3.05) is 38.1 Å². The van der Waals surface area contributed by atoms with E-state index in [0.717, 1.165) is 18.9 Å². The summed E-state index contributed by atoms with van der Waals surface area (Å²) in [6.45, 7) is 7.33. The molecule has 0 unspecified atom stereocenters. The minimum Gasteiger partial charge on any atom is -0.374 e. The topological polar surface area (TPSA) is 50.3 Å². The minimum absolute atomic E-state index is 0.401. The van der Waals surface area contributed by atoms with Crippen molar-refractivity contribution in [3.8, 4) is 0 Å². The van der Waals surface area contributed by atoms with Gasteiger partial charge in [-0.1, -0.05) is 18.0 Å². The third-order valence-corrected chi connectivity index (χ3v) is 3.55. The molecular weight excluding hydrogens is 276 g/mol. The molecule has 1 aromatic rings. The second-order valence-corrected chi connectivity index (χ2v) is 5.35. The van der Waals surface area contributed by atoms with Crippen molar-refractivity contribution in [2.45, 2.75) is 32.8 Å². The summed E-state index contributed by atoms with van der Waals surface area (Å²) >= 11 is 6.00. The lowest BCUT2D eigenvalue weighted by molar-refractivity contribution is 0.128. The van der Waals surface area contributed by atoms with Crippen LogP contribution >= 0.6 is 11.6 Å². The normalized spacial score (nSPS) is 16.3. The van der Waals surface area contributed by atoms with E-state index in [1.54, 1.807) is 6.07 Å². The van der Waals surface area contributed by atoms with Gasteiger partial charge in [0.25, 0.3) is 0 Å². The fourth-order valence-corrected chi connectivity index (χ4v) is 2.54. The van der Waals surface area contributed by atoms with Crippen molar-refractivity contribution in [1.29, 1.82) is 0 Å². The van der Waals surface area contributed by atoms with Gasteiger partial charge in [-0.25, -0.2) is 9.97 Å². The van der Waals surface area contributed by atoms with Gasteiger partial charge in [0, 0.05) is 25.8 Å². The number of rotatable bonds is 7. The molecule has 1 saturated heterocycles. The van der Waals surface area contributed by atoms with Gasteiger partial charge < -0.3 is 15.0 Å². The number of hydrogen-bond donors (Lipinski definition) is 1. The number of likely N-dealkylation sites (tertiary alicyclic amines) is 1. The second-order valence-electron chi connectivity index (χ2n) is 4.96. The third kappa shape index (κ3) is 5.23. The summed E-state index contributed by atoms with van der Waals surface area (Å²) < 4.78 is 5.31. The molecule has 0 spiro atoms. The van der Waals surface area contributed by atoms with Gasteiger partial charge in [-0.05, 0) is 32.9 Å². The Balaban J connectivity index is 1.80. The maximum atomic E-state index is 6.00. The Bertz CT molecular complexity index is 410. The van der Waals surface area contributed by atoms with Crippen LogP contribution in [0, 0.1) is 0 Å². The van der Waals surface area contributed by atoms with Gasteiger partial charge in [0.05, 0.1) is 0 Å². The largest absolute Gasteiger partial charge is 0.374 e. The van der Waals surface area contributed by atoms with Gasteiger partial charge in [-0.15, -0.1) is 0 Å². The van der Waals surface area contributed by atoms with Gasteiger partial charge in [-0.3, -0.25) is 0 Å². The predicted octanol–water partition coefficient (Wildman–Crippen LogP) is 2.56. The van der Waals surface area contributed by atoms with Crippen molar-refractivity contribution in [3.63, 3.8) is 0 Å². The van der Waals surface area contributed by atoms with Crippen molar-refractivity contribution in [2.24, 2.45) is 0 Å². The molecule has 0 radical (unpaired) electrons. The molecule has 5 nitrogen and oxygen atoms in total. The number of halogens is 1. The second kappa shape index (κ2) is 8.39. The molecule has 1 fully saturated rings. The third-order valence-electron chi connectivity index (χ3n) is 3.36. The van der Waals surface area contributed by atoms with Crippen LogP contribution in [0.25, 0.3) is 0 Å². The first-order chi connectivity index (χ1) is 9.78. The van der Waals surface area contributed by atoms with Gasteiger partial charge in [-0.2, -0.15) is 0 Å². The van der Waals surface area contributed by atoms with E-state index in [-0.39, 0.29) is 0 Å². The lowest BCUT2D eigenvalue weighted by Crippen LogP contribution is -2.33. The van der Waals surface area contributed by atoms with E-state index in [1.807, 2.05) is 6.92 Å². The molecule has 1 aliphatic heterocycles. The number of ether oxygens (including phenoxy) is 1. The zero-order valence-corrected chi connectivity index (χ0v) is 12.8. The maximum Gasteiger partial charge on any atom is 0.158 e. The molecule has 20 heavy (non-hydrogen) atoms. The Kier molecular flexibility index (Phi) is 6.50. The number of hydrogen-bond acceptors (Lipinski definition) is 5. The zero-order chi connectivity index (χ0) is 14.2. The van der Waals surface area contributed by atoms with E-state index in [0.29, 0.717) is 24.2 Å². The molecule has 0 bridgehead atoms. The molecule has 112 valence electrons. The van der Waals surface area contributed by atoms with Crippen LogP contribution in [0.3, 0.4) is 0 Å². The Labute approximate surface area is 125 Å². The molecular formula is C14H23ClN4O. The number of nitrogens with one attached hydrogen (secondary N) is 1. The first-order valence-electron chi connectivity index (χ1n) is 7.35. The molecule has 1 N–H and O–H groups in total. The van der Waals surface area contributed by atoms with Gasteiger partial charge in [0.2, 0.25) is 0 Å². The van der Waals surface area contributed by atoms with E-state index in [2.05, 4.69) is 20.2 Å². The lowest BCUT2D eigenvalue weighted by atomic mass is 10.1. The van der Waals surface area contributed by atoms with Crippen LogP contribution in [0.2, 0.25) is 5.15 Å². The van der Waals surface area contributed by atoms with Crippen molar-refractivity contribution in [3.05, 3.63) is 17.0 Å². The smallest absolute Gasteiger partial charge is 0.158 e. The summed E-state index contributed by atoms with van der Waals surface area (Å²) in [6.07, 6.45) is 4.00. The fraction of sp³-hybridized carbons (Fsp3) is 0.714. The molecule has 2 rings (SSSR count). The van der Waals surface area contributed by atoms with E-state index >= 15 is 0 Å². The molecule has 0 aromatic carbocycles. The highest BCUT2D eigenvalue weighted by Gasteiger charge is 2.09. The monoisotopic (exact) mass is 298 g/mol. The van der Waals surface area contributed by atoms with E-state index in [9.17, 15) is 0 Å². The summed E-state index contributed by atoms with van der Waals surface area (Å²) in [5.41, 5.74) is 0.